The van der Waals surface area contributed by atoms with Gasteiger partial charge in [-0.2, -0.15) is 5.10 Å². The summed E-state index contributed by atoms with van der Waals surface area (Å²) in [6.45, 7) is 11.4. The second-order valence-electron chi connectivity index (χ2n) is 12.7. The molecule has 1 aromatic carbocycles. The fraction of sp³-hybridized carbons (Fsp3) is 0.548. The first-order chi connectivity index (χ1) is 18.9. The average Bonchev–Trinajstić information content (AvgIpc) is 3.49. The van der Waals surface area contributed by atoms with Gasteiger partial charge in [-0.3, -0.25) is 14.3 Å². The van der Waals surface area contributed by atoms with Gasteiger partial charge in [0.05, 0.1) is 30.0 Å². The number of carbonyl (C=O) groups is 2. The van der Waals surface area contributed by atoms with Crippen molar-refractivity contribution in [1.82, 2.24) is 29.5 Å². The molecule has 0 radical (unpaired) electrons. The van der Waals surface area contributed by atoms with Crippen LogP contribution in [0.25, 0.3) is 0 Å². The molecule has 1 fully saturated rings. The first-order valence-corrected chi connectivity index (χ1v) is 14.4. The molecule has 2 aliphatic rings. The molecule has 5 rings (SSSR count). The van der Waals surface area contributed by atoms with Crippen LogP contribution in [0.4, 0.5) is 0 Å². The number of imidazole rings is 1. The van der Waals surface area contributed by atoms with E-state index in [2.05, 4.69) is 67.8 Å². The van der Waals surface area contributed by atoms with Crippen molar-refractivity contribution >= 4 is 11.8 Å². The zero-order chi connectivity index (χ0) is 28.8. The summed E-state index contributed by atoms with van der Waals surface area (Å²) in [6, 6.07) is 7.48. The quantitative estimate of drug-likeness (QED) is 0.510. The van der Waals surface area contributed by atoms with Crippen LogP contribution >= 0.6 is 0 Å². The molecule has 3 N–H and O–H groups in total. The summed E-state index contributed by atoms with van der Waals surface area (Å²) in [5.74, 6) is -0.368. The molecular formula is C31H43N7O2. The zero-order valence-electron chi connectivity index (χ0n) is 24.7. The van der Waals surface area contributed by atoms with Crippen molar-refractivity contribution in [1.29, 1.82) is 0 Å². The van der Waals surface area contributed by atoms with E-state index in [1.54, 1.807) is 16.6 Å². The average molecular weight is 546 g/mol. The molecule has 3 aromatic rings. The highest BCUT2D eigenvalue weighted by atomic mass is 16.2. The van der Waals surface area contributed by atoms with Crippen molar-refractivity contribution in [3.8, 4) is 0 Å². The lowest BCUT2D eigenvalue weighted by molar-refractivity contribution is -0.127. The van der Waals surface area contributed by atoms with E-state index in [1.807, 2.05) is 12.4 Å². The summed E-state index contributed by atoms with van der Waals surface area (Å²) in [5, 5.41) is 7.83. The number of nitrogens with two attached hydrogens (primary N) is 1. The summed E-state index contributed by atoms with van der Waals surface area (Å²) < 4.78 is 3.75. The number of hydrogen-bond donors (Lipinski definition) is 2. The van der Waals surface area contributed by atoms with Crippen molar-refractivity contribution in [3.05, 3.63) is 70.1 Å². The van der Waals surface area contributed by atoms with Crippen LogP contribution in [0, 0.1) is 13.8 Å². The highest BCUT2D eigenvalue weighted by molar-refractivity contribution is 5.97. The number of rotatable bonds is 5. The van der Waals surface area contributed by atoms with Crippen LogP contribution in [0.3, 0.4) is 0 Å². The normalized spacial score (nSPS) is 21.3. The van der Waals surface area contributed by atoms with E-state index in [0.29, 0.717) is 25.2 Å². The number of nitrogens with zero attached hydrogens (tertiary/aromatic N) is 5. The number of fused-ring (bicyclic) bond motifs is 1. The third kappa shape index (κ3) is 5.57. The van der Waals surface area contributed by atoms with Crippen LogP contribution in [0.15, 0.2) is 30.6 Å². The first-order valence-electron chi connectivity index (χ1n) is 14.4. The second kappa shape index (κ2) is 10.8. The molecule has 0 bridgehead atoms. The number of aromatic nitrogens is 4. The molecule has 2 amide bonds. The standard InChI is InChI=1S/C31H43N7O2/c1-19-11-12-20(2)21(13-19)16-37-18-33-24-14-25(29(39)34-23-10-8-7-9-22(23)32)38(17-27(24)37)30(40)26-15-28(31(3,4)5)35-36(26)6/h11-13,15,18,22-23,25H,7-10,14,16-17,32H2,1-6H3,(H,34,39). The molecule has 3 unspecified atom stereocenters. The van der Waals surface area contributed by atoms with E-state index in [1.165, 1.54) is 16.7 Å². The van der Waals surface area contributed by atoms with Gasteiger partial charge in [-0.25, -0.2) is 4.98 Å². The summed E-state index contributed by atoms with van der Waals surface area (Å²) >= 11 is 0. The molecule has 9 heteroatoms. The van der Waals surface area contributed by atoms with E-state index in [9.17, 15) is 9.59 Å². The lowest BCUT2D eigenvalue weighted by Gasteiger charge is -2.37. The number of aryl methyl sites for hydroxylation is 3. The minimum Gasteiger partial charge on any atom is -0.350 e. The predicted molar refractivity (Wildman–Crippen MR) is 155 cm³/mol. The van der Waals surface area contributed by atoms with Gasteiger partial charge in [0.25, 0.3) is 5.91 Å². The number of benzene rings is 1. The second-order valence-corrected chi connectivity index (χ2v) is 12.7. The minimum absolute atomic E-state index is 0.0656. The van der Waals surface area contributed by atoms with Gasteiger partial charge >= 0.3 is 0 Å². The fourth-order valence-corrected chi connectivity index (χ4v) is 5.90. The Bertz CT molecular complexity index is 1410. The van der Waals surface area contributed by atoms with Gasteiger partial charge in [0.1, 0.15) is 11.7 Å². The van der Waals surface area contributed by atoms with Crippen molar-refractivity contribution in [3.63, 3.8) is 0 Å². The van der Waals surface area contributed by atoms with Gasteiger partial charge in [0, 0.05) is 37.5 Å². The Labute approximate surface area is 237 Å². The Morgan fingerprint density at radius 2 is 1.88 bits per heavy atom. The maximum atomic E-state index is 14.2. The van der Waals surface area contributed by atoms with Crippen molar-refractivity contribution in [2.45, 2.75) is 103 Å². The van der Waals surface area contributed by atoms with Crippen molar-refractivity contribution in [2.24, 2.45) is 12.8 Å². The van der Waals surface area contributed by atoms with Crippen LogP contribution in [-0.2, 0) is 36.8 Å². The van der Waals surface area contributed by atoms with Crippen LogP contribution in [0.5, 0.6) is 0 Å². The SMILES string of the molecule is Cc1ccc(C)c(Cn2cnc3c2CN(C(=O)c2cc(C(C)(C)C)nn2C)C(C(=O)NC2CCCCC2N)C3)c1. The maximum Gasteiger partial charge on any atom is 0.273 e. The molecule has 9 nitrogen and oxygen atoms in total. The smallest absolute Gasteiger partial charge is 0.273 e. The number of nitrogens with one attached hydrogen (secondary N) is 1. The number of carbonyl (C=O) groups excluding carboxylic acids is 2. The lowest BCUT2D eigenvalue weighted by Crippen LogP contribution is -2.58. The van der Waals surface area contributed by atoms with Crippen molar-refractivity contribution < 1.29 is 9.59 Å². The Kier molecular flexibility index (Phi) is 7.61. The molecule has 3 heterocycles. The number of amides is 2. The van der Waals surface area contributed by atoms with Gasteiger partial charge in [-0.15, -0.1) is 0 Å². The first kappa shape index (κ1) is 28.1. The van der Waals surface area contributed by atoms with Gasteiger partial charge < -0.3 is 20.5 Å². The molecule has 1 aliphatic heterocycles. The molecule has 2 aromatic heterocycles. The third-order valence-corrected chi connectivity index (χ3v) is 8.54. The van der Waals surface area contributed by atoms with Gasteiger partial charge in [-0.1, -0.05) is 57.4 Å². The van der Waals surface area contributed by atoms with Crippen LogP contribution in [-0.4, -0.2) is 54.2 Å². The summed E-state index contributed by atoms with van der Waals surface area (Å²) in [7, 11) is 1.79. The minimum atomic E-state index is -0.675. The Morgan fingerprint density at radius 3 is 2.58 bits per heavy atom. The summed E-state index contributed by atoms with van der Waals surface area (Å²) in [4.78, 5) is 34.4. The van der Waals surface area contributed by atoms with E-state index in [4.69, 9.17) is 10.7 Å². The summed E-state index contributed by atoms with van der Waals surface area (Å²) in [5.41, 5.74) is 12.9. The fourth-order valence-electron chi connectivity index (χ4n) is 5.90. The monoisotopic (exact) mass is 545 g/mol. The Balaban J connectivity index is 1.48. The topological polar surface area (TPSA) is 111 Å². The Hall–Kier alpha value is -3.46. The van der Waals surface area contributed by atoms with E-state index in [0.717, 1.165) is 42.8 Å². The molecule has 0 saturated heterocycles. The third-order valence-electron chi connectivity index (χ3n) is 8.54. The lowest BCUT2D eigenvalue weighted by atomic mass is 9.90. The maximum absolute atomic E-state index is 14.2. The van der Waals surface area contributed by atoms with Crippen LogP contribution < -0.4 is 11.1 Å². The van der Waals surface area contributed by atoms with E-state index in [-0.39, 0.29) is 29.3 Å². The van der Waals surface area contributed by atoms with Gasteiger partial charge in [-0.05, 0) is 43.9 Å². The van der Waals surface area contributed by atoms with E-state index < -0.39 is 6.04 Å². The van der Waals surface area contributed by atoms with Crippen LogP contribution in [0.2, 0.25) is 0 Å². The molecule has 40 heavy (non-hydrogen) atoms. The number of hydrogen-bond acceptors (Lipinski definition) is 5. The predicted octanol–water partition coefficient (Wildman–Crippen LogP) is 3.53. The molecular weight excluding hydrogens is 502 g/mol. The van der Waals surface area contributed by atoms with Gasteiger partial charge in [0.15, 0.2) is 0 Å². The highest BCUT2D eigenvalue weighted by Crippen LogP contribution is 2.28. The molecule has 1 saturated carbocycles. The molecule has 0 spiro atoms. The molecule has 1 aliphatic carbocycles. The van der Waals surface area contributed by atoms with Crippen molar-refractivity contribution in [2.75, 3.05) is 0 Å². The molecule has 3 atom stereocenters. The van der Waals surface area contributed by atoms with Crippen LogP contribution in [0.1, 0.15) is 90.7 Å². The largest absolute Gasteiger partial charge is 0.350 e. The van der Waals surface area contributed by atoms with E-state index >= 15 is 0 Å². The zero-order valence-corrected chi connectivity index (χ0v) is 24.7. The highest BCUT2D eigenvalue weighted by Gasteiger charge is 2.40. The summed E-state index contributed by atoms with van der Waals surface area (Å²) in [6.07, 6.45) is 6.09. The molecule has 214 valence electrons. The Morgan fingerprint density at radius 1 is 1.12 bits per heavy atom. The van der Waals surface area contributed by atoms with Gasteiger partial charge in [0.2, 0.25) is 5.91 Å².